The summed E-state index contributed by atoms with van der Waals surface area (Å²) in [6, 6.07) is 14.0. The van der Waals surface area contributed by atoms with Gasteiger partial charge in [-0.2, -0.15) is 10.1 Å². The molecular weight excluding hydrogens is 370 g/mol. The summed E-state index contributed by atoms with van der Waals surface area (Å²) in [5.41, 5.74) is 6.21. The molecule has 1 aromatic heterocycles. The van der Waals surface area contributed by atoms with Gasteiger partial charge >= 0.3 is 0 Å². The van der Waals surface area contributed by atoms with E-state index in [1.807, 2.05) is 29.6 Å². The van der Waals surface area contributed by atoms with Crippen LogP contribution in [0.4, 0.5) is 5.13 Å². The number of aromatic nitrogens is 1. The topological polar surface area (TPSA) is 54.8 Å². The van der Waals surface area contributed by atoms with Crippen molar-refractivity contribution in [2.24, 2.45) is 5.10 Å². The van der Waals surface area contributed by atoms with Crippen LogP contribution >= 0.6 is 11.3 Å². The molecule has 0 bridgehead atoms. The van der Waals surface area contributed by atoms with Gasteiger partial charge in [-0.1, -0.05) is 23.8 Å². The second kappa shape index (κ2) is 7.56. The van der Waals surface area contributed by atoms with Gasteiger partial charge in [0.2, 0.25) is 11.0 Å². The quantitative estimate of drug-likeness (QED) is 0.631. The zero-order valence-corrected chi connectivity index (χ0v) is 16.9. The van der Waals surface area contributed by atoms with Gasteiger partial charge in [0.05, 0.1) is 18.5 Å². The molecule has 0 unspecified atom stereocenters. The van der Waals surface area contributed by atoms with Crippen molar-refractivity contribution in [1.29, 1.82) is 0 Å². The SMILES string of the molecule is COc1ccc(-c2csc(N3N=C(c4ccc(C)cc4C)CCC3=O)n2)cc1. The van der Waals surface area contributed by atoms with Crippen LogP contribution in [0.2, 0.25) is 0 Å². The van der Waals surface area contributed by atoms with Gasteiger partial charge in [0, 0.05) is 29.3 Å². The maximum absolute atomic E-state index is 12.5. The van der Waals surface area contributed by atoms with E-state index in [2.05, 4.69) is 42.1 Å². The summed E-state index contributed by atoms with van der Waals surface area (Å²) in [5, 5.41) is 8.66. The Morgan fingerprint density at radius 3 is 2.57 bits per heavy atom. The Kier molecular flexibility index (Phi) is 4.96. The zero-order valence-electron chi connectivity index (χ0n) is 16.1. The molecule has 28 heavy (non-hydrogen) atoms. The molecule has 0 radical (unpaired) electrons. The van der Waals surface area contributed by atoms with Crippen LogP contribution in [0.25, 0.3) is 11.3 Å². The molecule has 0 atom stereocenters. The van der Waals surface area contributed by atoms with Crippen molar-refractivity contribution in [2.45, 2.75) is 26.7 Å². The summed E-state index contributed by atoms with van der Waals surface area (Å²) in [7, 11) is 1.64. The second-order valence-corrected chi connectivity index (χ2v) is 7.65. The number of anilines is 1. The van der Waals surface area contributed by atoms with E-state index in [4.69, 9.17) is 4.74 Å². The molecule has 0 fully saturated rings. The molecule has 1 aliphatic rings. The van der Waals surface area contributed by atoms with E-state index in [1.54, 1.807) is 7.11 Å². The van der Waals surface area contributed by atoms with E-state index < -0.39 is 0 Å². The largest absolute Gasteiger partial charge is 0.497 e. The van der Waals surface area contributed by atoms with Crippen molar-refractivity contribution in [3.05, 3.63) is 64.5 Å². The van der Waals surface area contributed by atoms with Crippen molar-refractivity contribution in [1.82, 2.24) is 4.98 Å². The first-order chi connectivity index (χ1) is 13.5. The first kappa shape index (κ1) is 18.4. The Bertz CT molecular complexity index is 1050. The number of methoxy groups -OCH3 is 1. The highest BCUT2D eigenvalue weighted by molar-refractivity contribution is 7.14. The summed E-state index contributed by atoms with van der Waals surface area (Å²) in [6.45, 7) is 4.16. The lowest BCUT2D eigenvalue weighted by atomic mass is 9.98. The Morgan fingerprint density at radius 2 is 1.86 bits per heavy atom. The summed E-state index contributed by atoms with van der Waals surface area (Å²) in [5.74, 6) is 0.775. The highest BCUT2D eigenvalue weighted by atomic mass is 32.1. The molecule has 4 rings (SSSR count). The highest BCUT2D eigenvalue weighted by Gasteiger charge is 2.25. The molecule has 142 valence electrons. The third kappa shape index (κ3) is 3.55. The lowest BCUT2D eigenvalue weighted by Crippen LogP contribution is -2.32. The van der Waals surface area contributed by atoms with Gasteiger partial charge in [-0.15, -0.1) is 11.3 Å². The molecule has 0 spiro atoms. The van der Waals surface area contributed by atoms with Crippen LogP contribution < -0.4 is 9.75 Å². The Morgan fingerprint density at radius 1 is 1.07 bits per heavy atom. The van der Waals surface area contributed by atoms with E-state index >= 15 is 0 Å². The van der Waals surface area contributed by atoms with Crippen LogP contribution in [-0.2, 0) is 4.79 Å². The number of nitrogens with zero attached hydrogens (tertiary/aromatic N) is 3. The third-order valence-electron chi connectivity index (χ3n) is 4.78. The maximum atomic E-state index is 12.5. The van der Waals surface area contributed by atoms with E-state index in [1.165, 1.54) is 27.5 Å². The van der Waals surface area contributed by atoms with E-state index in [9.17, 15) is 4.79 Å². The normalized spacial score (nSPS) is 14.2. The second-order valence-electron chi connectivity index (χ2n) is 6.81. The van der Waals surface area contributed by atoms with Gasteiger partial charge in [-0.25, -0.2) is 4.98 Å². The van der Waals surface area contributed by atoms with Gasteiger partial charge < -0.3 is 4.74 Å². The Labute approximate surface area is 168 Å². The summed E-state index contributed by atoms with van der Waals surface area (Å²) in [4.78, 5) is 17.2. The third-order valence-corrected chi connectivity index (χ3v) is 5.60. The van der Waals surface area contributed by atoms with Crippen molar-refractivity contribution < 1.29 is 9.53 Å². The number of carbonyl (C=O) groups is 1. The summed E-state index contributed by atoms with van der Waals surface area (Å²) >= 11 is 1.42. The predicted molar refractivity (Wildman–Crippen MR) is 113 cm³/mol. The average molecular weight is 391 g/mol. The minimum absolute atomic E-state index is 0.0239. The van der Waals surface area contributed by atoms with Crippen molar-refractivity contribution in [3.8, 4) is 17.0 Å². The van der Waals surface area contributed by atoms with Crippen LogP contribution in [0.5, 0.6) is 5.75 Å². The molecule has 2 heterocycles. The van der Waals surface area contributed by atoms with Crippen LogP contribution in [0, 0.1) is 13.8 Å². The van der Waals surface area contributed by atoms with Gasteiger partial charge in [-0.3, -0.25) is 4.79 Å². The maximum Gasteiger partial charge on any atom is 0.249 e. The van der Waals surface area contributed by atoms with Crippen molar-refractivity contribution in [2.75, 3.05) is 12.1 Å². The molecule has 1 aliphatic heterocycles. The van der Waals surface area contributed by atoms with Crippen molar-refractivity contribution >= 4 is 28.1 Å². The number of aryl methyl sites for hydroxylation is 2. The predicted octanol–water partition coefficient (Wildman–Crippen LogP) is 4.97. The number of rotatable bonds is 4. The molecule has 0 aliphatic carbocycles. The molecule has 0 saturated heterocycles. The molecule has 0 saturated carbocycles. The monoisotopic (exact) mass is 391 g/mol. The van der Waals surface area contributed by atoms with E-state index in [0.717, 1.165) is 28.3 Å². The number of thiazole rings is 1. The molecule has 1 amide bonds. The number of hydrazone groups is 1. The number of ether oxygens (including phenoxy) is 1. The zero-order chi connectivity index (χ0) is 19.7. The van der Waals surface area contributed by atoms with Crippen LogP contribution in [0.3, 0.4) is 0 Å². The standard InChI is InChI=1S/C22H21N3O2S/c1-14-4-9-18(15(2)12-14)19-10-11-21(26)25(24-19)22-23-20(13-28-22)16-5-7-17(27-3)8-6-16/h4-9,12-13H,10-11H2,1-3H3. The van der Waals surface area contributed by atoms with Crippen LogP contribution in [0.15, 0.2) is 52.9 Å². The Hall–Kier alpha value is -2.99. The molecular formula is C22H21N3O2S. The fraction of sp³-hybridized carbons (Fsp3) is 0.227. The molecule has 6 heteroatoms. The van der Waals surface area contributed by atoms with Gasteiger partial charge in [0.1, 0.15) is 5.75 Å². The lowest BCUT2D eigenvalue weighted by Gasteiger charge is -2.22. The fourth-order valence-corrected chi connectivity index (χ4v) is 4.09. The van der Waals surface area contributed by atoms with Gasteiger partial charge in [-0.05, 0) is 43.7 Å². The number of benzene rings is 2. The number of hydrogen-bond acceptors (Lipinski definition) is 5. The number of hydrogen-bond donors (Lipinski definition) is 0. The first-order valence-corrected chi connectivity index (χ1v) is 10.0. The van der Waals surface area contributed by atoms with Gasteiger partial charge in [0.25, 0.3) is 0 Å². The lowest BCUT2D eigenvalue weighted by molar-refractivity contribution is -0.118. The minimum atomic E-state index is -0.0239. The van der Waals surface area contributed by atoms with Gasteiger partial charge in [0.15, 0.2) is 0 Å². The first-order valence-electron chi connectivity index (χ1n) is 9.13. The van der Waals surface area contributed by atoms with Crippen LogP contribution in [0.1, 0.15) is 29.5 Å². The smallest absolute Gasteiger partial charge is 0.249 e. The summed E-state index contributed by atoms with van der Waals surface area (Å²) in [6.07, 6.45) is 1.08. The minimum Gasteiger partial charge on any atom is -0.497 e. The highest BCUT2D eigenvalue weighted by Crippen LogP contribution is 2.31. The molecule has 5 nitrogen and oxygen atoms in total. The Balaban J connectivity index is 1.65. The average Bonchev–Trinajstić information content (AvgIpc) is 3.19. The van der Waals surface area contributed by atoms with E-state index in [0.29, 0.717) is 18.0 Å². The van der Waals surface area contributed by atoms with E-state index in [-0.39, 0.29) is 5.91 Å². The molecule has 0 N–H and O–H groups in total. The summed E-state index contributed by atoms with van der Waals surface area (Å²) < 4.78 is 5.20. The van der Waals surface area contributed by atoms with Crippen molar-refractivity contribution in [3.63, 3.8) is 0 Å². The molecule has 3 aromatic rings. The van der Waals surface area contributed by atoms with Crippen LogP contribution in [-0.4, -0.2) is 23.7 Å². The molecule has 2 aromatic carbocycles. The number of carbonyl (C=O) groups excluding carboxylic acids is 1. The fourth-order valence-electron chi connectivity index (χ4n) is 3.29. The number of amides is 1.